The minimum absolute atomic E-state index is 0.669. The molecule has 0 aliphatic carbocycles. The quantitative estimate of drug-likeness (QED) is 0.722. The van der Waals surface area contributed by atoms with Crippen molar-refractivity contribution in [3.8, 4) is 11.8 Å². The second kappa shape index (κ2) is 8.02. The van der Waals surface area contributed by atoms with Crippen LogP contribution in [0.15, 0.2) is 24.3 Å². The standard InChI is InChI=1S/C17H25N3O/c1-19(14-16-5-3-11-20(16)2)10-4-12-21-17-8-6-15(13-18)7-9-17/h6-9,16H,3-5,10-12,14H2,1-2H3. The maximum Gasteiger partial charge on any atom is 0.119 e. The van der Waals surface area contributed by atoms with Gasteiger partial charge in [0.05, 0.1) is 18.2 Å². The molecule has 1 heterocycles. The summed E-state index contributed by atoms with van der Waals surface area (Å²) in [5, 5.41) is 8.74. The summed E-state index contributed by atoms with van der Waals surface area (Å²) in [6.07, 6.45) is 3.67. The van der Waals surface area contributed by atoms with Gasteiger partial charge in [0.2, 0.25) is 0 Å². The first kappa shape index (κ1) is 15.8. The van der Waals surface area contributed by atoms with E-state index in [2.05, 4.69) is 30.0 Å². The molecule has 1 atom stereocenters. The van der Waals surface area contributed by atoms with Gasteiger partial charge in [-0.2, -0.15) is 5.26 Å². The SMILES string of the molecule is CN(CCCOc1ccc(C#N)cc1)CC1CCCN1C. The molecular formula is C17H25N3O. The van der Waals surface area contributed by atoms with Gasteiger partial charge in [-0.1, -0.05) is 0 Å². The highest BCUT2D eigenvalue weighted by Gasteiger charge is 2.21. The largest absolute Gasteiger partial charge is 0.494 e. The van der Waals surface area contributed by atoms with E-state index in [1.54, 1.807) is 12.1 Å². The molecule has 0 aromatic heterocycles. The Balaban J connectivity index is 1.61. The summed E-state index contributed by atoms with van der Waals surface area (Å²) in [6, 6.07) is 10.1. The predicted octanol–water partition coefficient (Wildman–Crippen LogP) is 2.35. The van der Waals surface area contributed by atoms with Crippen molar-refractivity contribution in [1.29, 1.82) is 5.26 Å². The molecule has 0 saturated carbocycles. The fraction of sp³-hybridized carbons (Fsp3) is 0.588. The normalized spacial score (nSPS) is 18.9. The zero-order valence-corrected chi connectivity index (χ0v) is 13.1. The molecule has 1 fully saturated rings. The molecule has 0 amide bonds. The molecule has 4 heteroatoms. The van der Waals surface area contributed by atoms with Gasteiger partial charge in [-0.15, -0.1) is 0 Å². The fourth-order valence-electron chi connectivity index (χ4n) is 2.81. The number of rotatable bonds is 7. The lowest BCUT2D eigenvalue weighted by molar-refractivity contribution is 0.205. The van der Waals surface area contributed by atoms with Gasteiger partial charge >= 0.3 is 0 Å². The van der Waals surface area contributed by atoms with Crippen LogP contribution in [0.3, 0.4) is 0 Å². The smallest absolute Gasteiger partial charge is 0.119 e. The van der Waals surface area contributed by atoms with Crippen LogP contribution in [0.1, 0.15) is 24.8 Å². The van der Waals surface area contributed by atoms with Gasteiger partial charge in [0.1, 0.15) is 5.75 Å². The first-order chi connectivity index (χ1) is 10.2. The van der Waals surface area contributed by atoms with Crippen molar-refractivity contribution in [3.05, 3.63) is 29.8 Å². The van der Waals surface area contributed by atoms with E-state index >= 15 is 0 Å². The van der Waals surface area contributed by atoms with Gasteiger partial charge in [0, 0.05) is 19.1 Å². The van der Waals surface area contributed by atoms with Crippen LogP contribution >= 0.6 is 0 Å². The molecule has 1 unspecified atom stereocenters. The summed E-state index contributed by atoms with van der Waals surface area (Å²) < 4.78 is 5.70. The maximum absolute atomic E-state index is 8.74. The number of ether oxygens (including phenoxy) is 1. The third-order valence-electron chi connectivity index (χ3n) is 4.13. The highest BCUT2D eigenvalue weighted by molar-refractivity contribution is 5.34. The highest BCUT2D eigenvalue weighted by Crippen LogP contribution is 2.15. The predicted molar refractivity (Wildman–Crippen MR) is 84.4 cm³/mol. The van der Waals surface area contributed by atoms with Crippen LogP contribution in [0.4, 0.5) is 0 Å². The highest BCUT2D eigenvalue weighted by atomic mass is 16.5. The Kier molecular flexibility index (Phi) is 6.04. The second-order valence-corrected chi connectivity index (χ2v) is 5.88. The number of hydrogen-bond donors (Lipinski definition) is 0. The minimum Gasteiger partial charge on any atom is -0.494 e. The number of benzene rings is 1. The second-order valence-electron chi connectivity index (χ2n) is 5.88. The van der Waals surface area contributed by atoms with E-state index < -0.39 is 0 Å². The first-order valence-electron chi connectivity index (χ1n) is 7.71. The lowest BCUT2D eigenvalue weighted by Crippen LogP contribution is -2.37. The lowest BCUT2D eigenvalue weighted by atomic mass is 10.2. The molecule has 1 aliphatic heterocycles. The molecule has 1 aliphatic rings. The maximum atomic E-state index is 8.74. The minimum atomic E-state index is 0.669. The number of likely N-dealkylation sites (tertiary alicyclic amines) is 1. The van der Waals surface area contributed by atoms with Crippen LogP contribution in [0.5, 0.6) is 5.75 Å². The van der Waals surface area contributed by atoms with Gasteiger partial charge < -0.3 is 14.5 Å². The number of nitrogens with zero attached hydrogens (tertiary/aromatic N) is 3. The third-order valence-corrected chi connectivity index (χ3v) is 4.13. The monoisotopic (exact) mass is 287 g/mol. The van der Waals surface area contributed by atoms with Crippen molar-refractivity contribution < 1.29 is 4.74 Å². The topological polar surface area (TPSA) is 39.5 Å². The molecule has 2 rings (SSSR count). The van der Waals surface area contributed by atoms with Crippen molar-refractivity contribution in [1.82, 2.24) is 9.80 Å². The van der Waals surface area contributed by atoms with Gasteiger partial charge in [0.15, 0.2) is 0 Å². The van der Waals surface area contributed by atoms with Crippen molar-refractivity contribution >= 4 is 0 Å². The number of nitriles is 1. The molecule has 0 N–H and O–H groups in total. The van der Waals surface area contributed by atoms with Gasteiger partial charge in [-0.3, -0.25) is 0 Å². The molecule has 1 aromatic rings. The van der Waals surface area contributed by atoms with E-state index in [9.17, 15) is 0 Å². The Bertz CT molecular complexity index is 466. The summed E-state index contributed by atoms with van der Waals surface area (Å²) in [7, 11) is 4.41. The Morgan fingerprint density at radius 1 is 1.38 bits per heavy atom. The van der Waals surface area contributed by atoms with Gasteiger partial charge in [0.25, 0.3) is 0 Å². The lowest BCUT2D eigenvalue weighted by Gasteiger charge is -2.25. The summed E-state index contributed by atoms with van der Waals surface area (Å²) in [6.45, 7) is 4.16. The zero-order valence-electron chi connectivity index (χ0n) is 13.1. The van der Waals surface area contributed by atoms with Crippen LogP contribution in [0.25, 0.3) is 0 Å². The Morgan fingerprint density at radius 3 is 2.76 bits per heavy atom. The molecule has 0 radical (unpaired) electrons. The summed E-state index contributed by atoms with van der Waals surface area (Å²) in [4.78, 5) is 4.86. The van der Waals surface area contributed by atoms with Gasteiger partial charge in [-0.25, -0.2) is 0 Å². The average Bonchev–Trinajstić information content (AvgIpc) is 2.89. The molecular weight excluding hydrogens is 262 g/mol. The van der Waals surface area contributed by atoms with Crippen LogP contribution < -0.4 is 4.74 Å². The Labute approximate surface area is 127 Å². The average molecular weight is 287 g/mol. The molecule has 0 bridgehead atoms. The van der Waals surface area contributed by atoms with E-state index in [1.807, 2.05) is 12.1 Å². The van der Waals surface area contributed by atoms with Crippen LogP contribution in [-0.4, -0.2) is 56.2 Å². The van der Waals surface area contributed by atoms with Crippen LogP contribution in [0, 0.1) is 11.3 Å². The number of likely N-dealkylation sites (N-methyl/N-ethyl adjacent to an activating group) is 2. The molecule has 114 valence electrons. The van der Waals surface area contributed by atoms with Crippen molar-refractivity contribution in [3.63, 3.8) is 0 Å². The van der Waals surface area contributed by atoms with Crippen LogP contribution in [0.2, 0.25) is 0 Å². The summed E-state index contributed by atoms with van der Waals surface area (Å²) in [5.74, 6) is 0.840. The van der Waals surface area contributed by atoms with E-state index in [4.69, 9.17) is 10.00 Å². The van der Waals surface area contributed by atoms with Crippen molar-refractivity contribution in [2.24, 2.45) is 0 Å². The summed E-state index contributed by atoms with van der Waals surface area (Å²) >= 11 is 0. The Morgan fingerprint density at radius 2 is 2.14 bits per heavy atom. The van der Waals surface area contributed by atoms with Crippen LogP contribution in [-0.2, 0) is 0 Å². The fourth-order valence-corrected chi connectivity index (χ4v) is 2.81. The molecule has 4 nitrogen and oxygen atoms in total. The Hall–Kier alpha value is -1.57. The first-order valence-corrected chi connectivity index (χ1v) is 7.71. The molecule has 1 aromatic carbocycles. The van der Waals surface area contributed by atoms with Gasteiger partial charge in [-0.05, 0) is 64.2 Å². The van der Waals surface area contributed by atoms with E-state index in [0.717, 1.165) is 37.9 Å². The molecule has 1 saturated heterocycles. The van der Waals surface area contributed by atoms with E-state index in [0.29, 0.717) is 5.56 Å². The van der Waals surface area contributed by atoms with Crippen molar-refractivity contribution in [2.75, 3.05) is 40.3 Å². The molecule has 0 spiro atoms. The third kappa shape index (κ3) is 5.04. The summed E-state index contributed by atoms with van der Waals surface area (Å²) in [5.41, 5.74) is 0.669. The van der Waals surface area contributed by atoms with Crippen molar-refractivity contribution in [2.45, 2.75) is 25.3 Å². The van der Waals surface area contributed by atoms with E-state index in [1.165, 1.54) is 19.4 Å². The number of hydrogen-bond acceptors (Lipinski definition) is 4. The van der Waals surface area contributed by atoms with E-state index in [-0.39, 0.29) is 0 Å². The molecule has 21 heavy (non-hydrogen) atoms. The zero-order chi connectivity index (χ0) is 15.1.